The van der Waals surface area contributed by atoms with Crippen LogP contribution in [0.1, 0.15) is 17.2 Å². The summed E-state index contributed by atoms with van der Waals surface area (Å²) < 4.78 is 52.7. The van der Waals surface area contributed by atoms with Gasteiger partial charge in [-0.2, -0.15) is 13.2 Å². The van der Waals surface area contributed by atoms with E-state index in [0.29, 0.717) is 22.3 Å². The van der Waals surface area contributed by atoms with Crippen LogP contribution in [0, 0.1) is 5.82 Å². The van der Waals surface area contributed by atoms with E-state index in [2.05, 4.69) is 20.3 Å². The van der Waals surface area contributed by atoms with Gasteiger partial charge in [-0.1, -0.05) is 0 Å². The molecule has 164 valence electrons. The van der Waals surface area contributed by atoms with E-state index in [9.17, 15) is 22.7 Å². The van der Waals surface area contributed by atoms with Gasteiger partial charge < -0.3 is 15.5 Å². The smallest absolute Gasteiger partial charge is 0.393 e. The Balaban J connectivity index is 1.64. The molecule has 0 radical (unpaired) electrons. The number of fused-ring (bicyclic) bond motifs is 1. The standard InChI is InChI=1S/C22H16F4N4O2/c23-17-7-13(19(32)11-31)9-29-20(17)18-8-12-5-6-27-21(16(12)10-28-18)30-15-3-1-14(2-4-15)22(24,25)26/h1-10,19,31-32H,11H2,(H,27,30)/t19-/m0/s1. The third-order valence-electron chi connectivity index (χ3n) is 4.79. The van der Waals surface area contributed by atoms with Crippen molar-refractivity contribution in [1.29, 1.82) is 0 Å². The SMILES string of the molecule is OC[C@H](O)c1cnc(-c2cc3ccnc(Nc4ccc(C(F)(F)F)cc4)c3cn2)c(F)c1. The summed E-state index contributed by atoms with van der Waals surface area (Å²) in [5, 5.41) is 22.8. The first-order valence-corrected chi connectivity index (χ1v) is 9.40. The fourth-order valence-corrected chi connectivity index (χ4v) is 3.11. The van der Waals surface area contributed by atoms with Crippen LogP contribution in [0.4, 0.5) is 29.1 Å². The van der Waals surface area contributed by atoms with Crippen molar-refractivity contribution in [3.8, 4) is 11.4 Å². The molecule has 0 spiro atoms. The number of nitrogens with one attached hydrogen (secondary N) is 1. The van der Waals surface area contributed by atoms with Gasteiger partial charge in [-0.05, 0) is 47.9 Å². The summed E-state index contributed by atoms with van der Waals surface area (Å²) in [6, 6.07) is 8.90. The molecule has 1 atom stereocenters. The second-order valence-electron chi connectivity index (χ2n) is 6.95. The maximum atomic E-state index is 14.5. The Morgan fingerprint density at radius 1 is 0.969 bits per heavy atom. The fourth-order valence-electron chi connectivity index (χ4n) is 3.11. The zero-order valence-corrected chi connectivity index (χ0v) is 16.3. The first kappa shape index (κ1) is 21.6. The number of benzene rings is 1. The van der Waals surface area contributed by atoms with Gasteiger partial charge in [0.1, 0.15) is 17.6 Å². The number of rotatable bonds is 5. The van der Waals surface area contributed by atoms with Crippen molar-refractivity contribution in [3.63, 3.8) is 0 Å². The summed E-state index contributed by atoms with van der Waals surface area (Å²) in [6.07, 6.45) is -1.44. The first-order chi connectivity index (χ1) is 15.3. The van der Waals surface area contributed by atoms with Crippen LogP contribution in [0.2, 0.25) is 0 Å². The lowest BCUT2D eigenvalue weighted by molar-refractivity contribution is -0.137. The number of nitrogens with zero attached hydrogens (tertiary/aromatic N) is 3. The van der Waals surface area contributed by atoms with Crippen molar-refractivity contribution < 1.29 is 27.8 Å². The molecule has 0 amide bonds. The van der Waals surface area contributed by atoms with E-state index in [4.69, 9.17) is 5.11 Å². The van der Waals surface area contributed by atoms with Crippen molar-refractivity contribution in [1.82, 2.24) is 15.0 Å². The summed E-state index contributed by atoms with van der Waals surface area (Å²) in [7, 11) is 0. The Morgan fingerprint density at radius 3 is 2.38 bits per heavy atom. The zero-order valence-electron chi connectivity index (χ0n) is 16.3. The molecule has 0 aliphatic carbocycles. The normalized spacial score (nSPS) is 12.7. The molecule has 0 aliphatic heterocycles. The molecule has 6 nitrogen and oxygen atoms in total. The summed E-state index contributed by atoms with van der Waals surface area (Å²) in [5.74, 6) is -0.338. The molecule has 1 aromatic carbocycles. The Morgan fingerprint density at radius 2 is 1.72 bits per heavy atom. The van der Waals surface area contributed by atoms with Gasteiger partial charge in [-0.3, -0.25) is 9.97 Å². The number of alkyl halides is 3. The third-order valence-corrected chi connectivity index (χ3v) is 4.79. The van der Waals surface area contributed by atoms with Crippen molar-refractivity contribution >= 4 is 22.3 Å². The highest BCUT2D eigenvalue weighted by Gasteiger charge is 2.30. The molecule has 3 N–H and O–H groups in total. The monoisotopic (exact) mass is 444 g/mol. The largest absolute Gasteiger partial charge is 0.416 e. The Labute approximate surface area is 179 Å². The molecule has 0 saturated heterocycles. The second kappa shape index (κ2) is 8.48. The topological polar surface area (TPSA) is 91.2 Å². The average molecular weight is 444 g/mol. The van der Waals surface area contributed by atoms with E-state index >= 15 is 0 Å². The van der Waals surface area contributed by atoms with E-state index in [0.717, 1.165) is 18.2 Å². The molecule has 0 aliphatic rings. The fraction of sp³-hybridized carbons (Fsp3) is 0.136. The molecule has 3 heterocycles. The van der Waals surface area contributed by atoms with Gasteiger partial charge in [0.05, 0.1) is 17.9 Å². The van der Waals surface area contributed by atoms with Crippen LogP contribution in [0.5, 0.6) is 0 Å². The molecule has 10 heteroatoms. The Hall–Kier alpha value is -3.63. The maximum absolute atomic E-state index is 14.5. The first-order valence-electron chi connectivity index (χ1n) is 9.40. The van der Waals surface area contributed by atoms with Gasteiger partial charge in [-0.25, -0.2) is 9.37 Å². The van der Waals surface area contributed by atoms with Crippen molar-refractivity contribution in [2.75, 3.05) is 11.9 Å². The summed E-state index contributed by atoms with van der Waals surface area (Å²) >= 11 is 0. The van der Waals surface area contributed by atoms with Crippen molar-refractivity contribution in [2.24, 2.45) is 0 Å². The number of aliphatic hydroxyl groups is 2. The van der Waals surface area contributed by atoms with Gasteiger partial charge in [-0.15, -0.1) is 0 Å². The lowest BCUT2D eigenvalue weighted by atomic mass is 10.1. The zero-order chi connectivity index (χ0) is 22.9. The van der Waals surface area contributed by atoms with Crippen LogP contribution < -0.4 is 5.32 Å². The Bertz CT molecular complexity index is 1260. The molecule has 0 fully saturated rings. The van der Waals surface area contributed by atoms with Gasteiger partial charge in [0.15, 0.2) is 5.82 Å². The van der Waals surface area contributed by atoms with Gasteiger partial charge in [0.25, 0.3) is 0 Å². The number of pyridine rings is 3. The maximum Gasteiger partial charge on any atom is 0.416 e. The van der Waals surface area contributed by atoms with Crippen LogP contribution in [0.15, 0.2) is 61.1 Å². The molecule has 4 aromatic rings. The Kier molecular flexibility index (Phi) is 5.72. The van der Waals surface area contributed by atoms with Crippen molar-refractivity contribution in [3.05, 3.63) is 78.0 Å². The van der Waals surface area contributed by atoms with Gasteiger partial charge >= 0.3 is 6.18 Å². The molecular formula is C22H16F4N4O2. The minimum Gasteiger partial charge on any atom is -0.393 e. The highest BCUT2D eigenvalue weighted by Crippen LogP contribution is 2.32. The number of aliphatic hydroxyl groups excluding tert-OH is 2. The quantitative estimate of drug-likeness (QED) is 0.389. The highest BCUT2D eigenvalue weighted by molar-refractivity contribution is 5.94. The van der Waals surface area contributed by atoms with Gasteiger partial charge in [0, 0.05) is 35.2 Å². The van der Waals surface area contributed by atoms with Gasteiger partial charge in [0.2, 0.25) is 0 Å². The molecule has 0 saturated carbocycles. The second-order valence-corrected chi connectivity index (χ2v) is 6.95. The predicted octanol–water partition coefficient (Wildman–Crippen LogP) is 4.62. The summed E-state index contributed by atoms with van der Waals surface area (Å²) in [4.78, 5) is 12.5. The number of anilines is 2. The summed E-state index contributed by atoms with van der Waals surface area (Å²) in [5.41, 5.74) is 0.00319. The summed E-state index contributed by atoms with van der Waals surface area (Å²) in [6.45, 7) is -0.559. The number of aromatic nitrogens is 3. The van der Waals surface area contributed by atoms with Crippen LogP contribution >= 0.6 is 0 Å². The minimum atomic E-state index is -4.42. The molecule has 0 unspecified atom stereocenters. The molecule has 4 rings (SSSR count). The third kappa shape index (κ3) is 4.36. The minimum absolute atomic E-state index is 0.0325. The van der Waals surface area contributed by atoms with Crippen LogP contribution in [-0.2, 0) is 6.18 Å². The van der Waals surface area contributed by atoms with E-state index < -0.39 is 30.3 Å². The van der Waals surface area contributed by atoms with E-state index in [1.165, 1.54) is 30.7 Å². The van der Waals surface area contributed by atoms with Crippen LogP contribution in [-0.4, -0.2) is 31.8 Å². The number of halogens is 4. The van der Waals surface area contributed by atoms with Crippen LogP contribution in [0.3, 0.4) is 0 Å². The highest BCUT2D eigenvalue weighted by atomic mass is 19.4. The molecule has 32 heavy (non-hydrogen) atoms. The van der Waals surface area contributed by atoms with Crippen molar-refractivity contribution in [2.45, 2.75) is 12.3 Å². The number of hydrogen-bond acceptors (Lipinski definition) is 6. The van der Waals surface area contributed by atoms with Crippen LogP contribution in [0.25, 0.3) is 22.2 Å². The van der Waals surface area contributed by atoms with E-state index in [1.54, 1.807) is 12.1 Å². The molecule has 0 bridgehead atoms. The molecular weight excluding hydrogens is 428 g/mol. The van der Waals surface area contributed by atoms with E-state index in [1.807, 2.05) is 0 Å². The average Bonchev–Trinajstić information content (AvgIpc) is 2.78. The number of hydrogen-bond donors (Lipinski definition) is 3. The predicted molar refractivity (Wildman–Crippen MR) is 109 cm³/mol. The van der Waals surface area contributed by atoms with E-state index in [-0.39, 0.29) is 17.0 Å². The lowest BCUT2D eigenvalue weighted by Crippen LogP contribution is -2.05. The lowest BCUT2D eigenvalue weighted by Gasteiger charge is -2.12. The molecule has 3 aromatic heterocycles.